The number of anilines is 4. The van der Waals surface area contributed by atoms with E-state index in [1.165, 1.54) is 19.0 Å². The van der Waals surface area contributed by atoms with E-state index in [1.54, 1.807) is 0 Å². The Balaban J connectivity index is 1.27. The Hall–Kier alpha value is -4.07. The van der Waals surface area contributed by atoms with E-state index in [0.29, 0.717) is 11.2 Å². The van der Waals surface area contributed by atoms with Crippen molar-refractivity contribution in [1.29, 1.82) is 0 Å². The van der Waals surface area contributed by atoms with E-state index in [0.717, 1.165) is 41.8 Å². The summed E-state index contributed by atoms with van der Waals surface area (Å²) in [6.07, 6.45) is 3.85. The van der Waals surface area contributed by atoms with E-state index in [-0.39, 0.29) is 11.6 Å². The minimum atomic E-state index is -0.300. The Morgan fingerprint density at radius 3 is 2.41 bits per heavy atom. The third kappa shape index (κ3) is 4.34. The summed E-state index contributed by atoms with van der Waals surface area (Å²) in [6.45, 7) is 3.97. The number of hydrogen-bond acceptors (Lipinski definition) is 7. The molecule has 32 heavy (non-hydrogen) atoms. The first-order valence-electron chi connectivity index (χ1n) is 10.6. The summed E-state index contributed by atoms with van der Waals surface area (Å²) < 4.78 is 0. The molecule has 0 radical (unpaired) electrons. The highest BCUT2D eigenvalue weighted by Crippen LogP contribution is 2.22. The van der Waals surface area contributed by atoms with Gasteiger partial charge in [0.25, 0.3) is 5.91 Å². The van der Waals surface area contributed by atoms with Gasteiger partial charge in [0, 0.05) is 36.2 Å². The molecule has 0 bridgehead atoms. The van der Waals surface area contributed by atoms with Crippen LogP contribution < -0.4 is 15.5 Å². The first-order chi connectivity index (χ1) is 15.6. The Kier molecular flexibility index (Phi) is 5.33. The summed E-state index contributed by atoms with van der Waals surface area (Å²) in [5.41, 5.74) is 4.19. The lowest BCUT2D eigenvalue weighted by molar-refractivity contribution is 0.102. The molecule has 8 heteroatoms. The molecule has 1 aliphatic heterocycles. The number of aryl methyl sites for hydroxylation is 1. The number of carbonyl (C=O) groups excluding carboxylic acids is 1. The zero-order valence-corrected chi connectivity index (χ0v) is 17.7. The van der Waals surface area contributed by atoms with Crippen LogP contribution in [0.3, 0.4) is 0 Å². The normalized spacial score (nSPS) is 13.3. The first kappa shape index (κ1) is 19.9. The number of nitrogens with one attached hydrogen (secondary N) is 2. The van der Waals surface area contributed by atoms with Crippen molar-refractivity contribution in [2.24, 2.45) is 0 Å². The maximum Gasteiger partial charge on any atom is 0.275 e. The van der Waals surface area contributed by atoms with Crippen molar-refractivity contribution in [2.45, 2.75) is 19.8 Å². The molecular formula is C24H23N7O. The van der Waals surface area contributed by atoms with Gasteiger partial charge in [-0.15, -0.1) is 0 Å². The zero-order chi connectivity index (χ0) is 21.9. The second-order valence-corrected chi connectivity index (χ2v) is 7.79. The van der Waals surface area contributed by atoms with Gasteiger partial charge in [-0.25, -0.2) is 9.97 Å². The van der Waals surface area contributed by atoms with Crippen molar-refractivity contribution in [3.63, 3.8) is 0 Å². The molecule has 0 saturated carbocycles. The standard InChI is InChI=1S/C24H23N7O/c1-16-14-22(30-24(26-16)31-12-4-5-13-31)27-17-8-10-18(11-9-17)28-23(32)21-15-25-19-6-2-3-7-20(19)29-21/h2-3,6-11,14-15H,4-5,12-13H2,1H3,(H,28,32)(H,26,27,30). The van der Waals surface area contributed by atoms with E-state index in [9.17, 15) is 4.79 Å². The predicted molar refractivity (Wildman–Crippen MR) is 125 cm³/mol. The molecule has 2 aromatic carbocycles. The molecule has 2 aromatic heterocycles. The Morgan fingerprint density at radius 2 is 1.62 bits per heavy atom. The Morgan fingerprint density at radius 1 is 0.906 bits per heavy atom. The summed E-state index contributed by atoms with van der Waals surface area (Å²) in [5.74, 6) is 1.22. The number of amides is 1. The molecule has 1 amide bonds. The van der Waals surface area contributed by atoms with Crippen molar-refractivity contribution in [2.75, 3.05) is 28.6 Å². The third-order valence-electron chi connectivity index (χ3n) is 5.33. The number of para-hydroxylation sites is 2. The minimum absolute atomic E-state index is 0.275. The zero-order valence-electron chi connectivity index (χ0n) is 17.7. The van der Waals surface area contributed by atoms with E-state index in [4.69, 9.17) is 0 Å². The fourth-order valence-corrected chi connectivity index (χ4v) is 3.72. The van der Waals surface area contributed by atoms with Gasteiger partial charge >= 0.3 is 0 Å². The van der Waals surface area contributed by atoms with Crippen molar-refractivity contribution < 1.29 is 4.79 Å². The second-order valence-electron chi connectivity index (χ2n) is 7.79. The van der Waals surface area contributed by atoms with E-state index >= 15 is 0 Å². The first-order valence-corrected chi connectivity index (χ1v) is 10.6. The van der Waals surface area contributed by atoms with Crippen LogP contribution in [0.5, 0.6) is 0 Å². The van der Waals surface area contributed by atoms with Gasteiger partial charge in [-0.1, -0.05) is 12.1 Å². The minimum Gasteiger partial charge on any atom is -0.341 e. The maximum atomic E-state index is 12.6. The summed E-state index contributed by atoms with van der Waals surface area (Å²) >= 11 is 0. The maximum absolute atomic E-state index is 12.6. The molecule has 1 fully saturated rings. The lowest BCUT2D eigenvalue weighted by atomic mass is 10.2. The molecule has 160 valence electrons. The number of nitrogens with zero attached hydrogens (tertiary/aromatic N) is 5. The topological polar surface area (TPSA) is 95.9 Å². The van der Waals surface area contributed by atoms with Gasteiger partial charge in [-0.05, 0) is 56.2 Å². The average Bonchev–Trinajstić information content (AvgIpc) is 3.35. The monoisotopic (exact) mass is 425 g/mol. The molecule has 0 aliphatic carbocycles. The molecule has 1 aliphatic rings. The molecule has 3 heterocycles. The van der Waals surface area contributed by atoms with Gasteiger partial charge in [0.1, 0.15) is 11.5 Å². The number of fused-ring (bicyclic) bond motifs is 1. The summed E-state index contributed by atoms with van der Waals surface area (Å²) in [7, 11) is 0. The quantitative estimate of drug-likeness (QED) is 0.491. The van der Waals surface area contributed by atoms with Crippen LogP contribution in [0.4, 0.5) is 23.1 Å². The van der Waals surface area contributed by atoms with Crippen LogP contribution in [-0.2, 0) is 0 Å². The van der Waals surface area contributed by atoms with Crippen LogP contribution in [0.25, 0.3) is 11.0 Å². The molecule has 4 aromatic rings. The smallest absolute Gasteiger partial charge is 0.275 e. The van der Waals surface area contributed by atoms with Gasteiger partial charge in [0.15, 0.2) is 0 Å². The molecule has 0 atom stereocenters. The summed E-state index contributed by atoms with van der Waals surface area (Å²) in [5, 5.41) is 6.20. The van der Waals surface area contributed by atoms with Gasteiger partial charge in [-0.3, -0.25) is 9.78 Å². The summed E-state index contributed by atoms with van der Waals surface area (Å²) in [6, 6.07) is 16.9. The SMILES string of the molecule is Cc1cc(Nc2ccc(NC(=O)c3cnc4ccccc4n3)cc2)nc(N2CCCC2)n1. The molecular weight excluding hydrogens is 402 g/mol. The lowest BCUT2D eigenvalue weighted by Gasteiger charge is -2.17. The van der Waals surface area contributed by atoms with Crippen LogP contribution in [0, 0.1) is 6.92 Å². The molecule has 8 nitrogen and oxygen atoms in total. The predicted octanol–water partition coefficient (Wildman–Crippen LogP) is 4.32. The van der Waals surface area contributed by atoms with E-state index < -0.39 is 0 Å². The number of benzene rings is 2. The van der Waals surface area contributed by atoms with Crippen LogP contribution >= 0.6 is 0 Å². The average molecular weight is 425 g/mol. The molecule has 5 rings (SSSR count). The number of hydrogen-bond donors (Lipinski definition) is 2. The van der Waals surface area contributed by atoms with Crippen molar-refractivity contribution in [3.05, 3.63) is 72.2 Å². The Bertz CT molecular complexity index is 1270. The summed E-state index contributed by atoms with van der Waals surface area (Å²) in [4.78, 5) is 32.7. The lowest BCUT2D eigenvalue weighted by Crippen LogP contribution is -2.21. The second kappa shape index (κ2) is 8.58. The number of rotatable bonds is 5. The van der Waals surface area contributed by atoms with Crippen molar-refractivity contribution in [1.82, 2.24) is 19.9 Å². The third-order valence-corrected chi connectivity index (χ3v) is 5.33. The van der Waals surface area contributed by atoms with E-state index in [1.807, 2.05) is 61.5 Å². The number of carbonyl (C=O) groups is 1. The van der Waals surface area contributed by atoms with Crippen molar-refractivity contribution in [3.8, 4) is 0 Å². The number of aromatic nitrogens is 4. The fourth-order valence-electron chi connectivity index (χ4n) is 3.72. The highest BCUT2D eigenvalue weighted by molar-refractivity contribution is 6.03. The fraction of sp³-hybridized carbons (Fsp3) is 0.208. The highest BCUT2D eigenvalue weighted by atomic mass is 16.1. The highest BCUT2D eigenvalue weighted by Gasteiger charge is 2.16. The van der Waals surface area contributed by atoms with Gasteiger partial charge in [0.2, 0.25) is 5.95 Å². The van der Waals surface area contributed by atoms with Gasteiger partial charge in [-0.2, -0.15) is 4.98 Å². The van der Waals surface area contributed by atoms with Gasteiger partial charge < -0.3 is 15.5 Å². The van der Waals surface area contributed by atoms with Crippen LogP contribution in [0.2, 0.25) is 0 Å². The Labute approximate surface area is 185 Å². The molecule has 0 unspecified atom stereocenters. The van der Waals surface area contributed by atoms with E-state index in [2.05, 4.69) is 35.5 Å². The van der Waals surface area contributed by atoms with Crippen LogP contribution in [-0.4, -0.2) is 38.9 Å². The molecule has 0 spiro atoms. The van der Waals surface area contributed by atoms with Gasteiger partial charge in [0.05, 0.1) is 17.2 Å². The van der Waals surface area contributed by atoms with Crippen LogP contribution in [0.1, 0.15) is 29.0 Å². The molecule has 1 saturated heterocycles. The molecule has 2 N–H and O–H groups in total. The largest absolute Gasteiger partial charge is 0.341 e. The van der Waals surface area contributed by atoms with Crippen molar-refractivity contribution >= 4 is 40.1 Å². The van der Waals surface area contributed by atoms with Crippen LogP contribution in [0.15, 0.2) is 60.8 Å².